The number of hydrogen-bond acceptors (Lipinski definition) is 4. The van der Waals surface area contributed by atoms with E-state index >= 15 is 0 Å². The third-order valence-electron chi connectivity index (χ3n) is 3.16. The van der Waals surface area contributed by atoms with Crippen LogP contribution >= 0.6 is 11.6 Å². The molecule has 0 aliphatic rings. The molecule has 2 aromatic rings. The van der Waals surface area contributed by atoms with Crippen LogP contribution in [0.5, 0.6) is 5.75 Å². The van der Waals surface area contributed by atoms with Gasteiger partial charge in [-0.2, -0.15) is 0 Å². The van der Waals surface area contributed by atoms with Crippen molar-refractivity contribution in [3.8, 4) is 5.75 Å². The van der Waals surface area contributed by atoms with Gasteiger partial charge in [-0.1, -0.05) is 29.8 Å². The van der Waals surface area contributed by atoms with Crippen LogP contribution in [0.3, 0.4) is 0 Å². The lowest BCUT2D eigenvalue weighted by molar-refractivity contribution is -0.129. The lowest BCUT2D eigenvalue weighted by Gasteiger charge is -2.12. The summed E-state index contributed by atoms with van der Waals surface area (Å²) in [5.41, 5.74) is 1.45. The molecule has 0 aliphatic heterocycles. The molecule has 0 spiro atoms. The monoisotopic (exact) mass is 320 g/mol. The van der Waals surface area contributed by atoms with Gasteiger partial charge >= 0.3 is 0 Å². The van der Waals surface area contributed by atoms with Crippen LogP contribution in [0.4, 0.5) is 0 Å². The molecule has 0 bridgehead atoms. The molecular weight excluding hydrogens is 304 g/mol. The van der Waals surface area contributed by atoms with E-state index in [0.29, 0.717) is 29.4 Å². The number of carbonyl (C=O) groups is 1. The Kier molecular flexibility index (Phi) is 5.75. The number of nitrogens with zero attached hydrogens (tertiary/aromatic N) is 1. The highest BCUT2D eigenvalue weighted by Crippen LogP contribution is 2.19. The van der Waals surface area contributed by atoms with Gasteiger partial charge in [0.25, 0.3) is 5.91 Å². The quantitative estimate of drug-likeness (QED) is 0.800. The van der Waals surface area contributed by atoms with Crippen LogP contribution in [0, 0.1) is 0 Å². The molecule has 2 N–H and O–H groups in total. The molecule has 1 aromatic heterocycles. The fourth-order valence-corrected chi connectivity index (χ4v) is 2.06. The summed E-state index contributed by atoms with van der Waals surface area (Å²) in [4.78, 5) is 15.9. The molecule has 1 aromatic carbocycles. The summed E-state index contributed by atoms with van der Waals surface area (Å²) in [5.74, 6) is 0.145. The molecular formula is C16H17ClN2O3. The van der Waals surface area contributed by atoms with Crippen LogP contribution in [0.1, 0.15) is 17.2 Å². The number of benzene rings is 1. The number of nitrogens with one attached hydrogen (secondary N) is 1. The van der Waals surface area contributed by atoms with Crippen molar-refractivity contribution in [1.82, 2.24) is 10.3 Å². The molecule has 6 heteroatoms. The highest BCUT2D eigenvalue weighted by molar-refractivity contribution is 6.29. The molecule has 1 heterocycles. The minimum Gasteiger partial charge on any atom is -0.497 e. The first-order chi connectivity index (χ1) is 10.6. The van der Waals surface area contributed by atoms with Gasteiger partial charge in [0.1, 0.15) is 10.9 Å². The maximum atomic E-state index is 11.9. The highest BCUT2D eigenvalue weighted by atomic mass is 35.5. The van der Waals surface area contributed by atoms with Crippen LogP contribution in [0.2, 0.25) is 5.15 Å². The zero-order valence-corrected chi connectivity index (χ0v) is 12.9. The first kappa shape index (κ1) is 16.3. The lowest BCUT2D eigenvalue weighted by Crippen LogP contribution is -2.31. The van der Waals surface area contributed by atoms with Gasteiger partial charge in [0.05, 0.1) is 7.11 Å². The van der Waals surface area contributed by atoms with Crippen LogP contribution < -0.4 is 10.1 Å². The number of amides is 1. The average Bonchev–Trinajstić information content (AvgIpc) is 2.56. The predicted octanol–water partition coefficient (Wildman–Crippen LogP) is 2.14. The van der Waals surface area contributed by atoms with Crippen molar-refractivity contribution >= 4 is 17.5 Å². The fraction of sp³-hybridized carbons (Fsp3) is 0.250. The number of rotatable bonds is 6. The molecule has 22 heavy (non-hydrogen) atoms. The minimum absolute atomic E-state index is 0.406. The summed E-state index contributed by atoms with van der Waals surface area (Å²) in [6.07, 6.45) is 1.05. The Morgan fingerprint density at radius 2 is 2.23 bits per heavy atom. The Morgan fingerprint density at radius 1 is 1.41 bits per heavy atom. The Balaban J connectivity index is 1.87. The van der Waals surface area contributed by atoms with E-state index in [1.54, 1.807) is 36.5 Å². The summed E-state index contributed by atoms with van der Waals surface area (Å²) < 4.78 is 5.07. The van der Waals surface area contributed by atoms with E-state index in [2.05, 4.69) is 10.3 Å². The van der Waals surface area contributed by atoms with E-state index in [-0.39, 0.29) is 0 Å². The van der Waals surface area contributed by atoms with Gasteiger partial charge in [-0.3, -0.25) is 4.79 Å². The Bertz CT molecular complexity index is 632. The molecule has 1 atom stereocenters. The van der Waals surface area contributed by atoms with Gasteiger partial charge in [0, 0.05) is 12.7 Å². The molecule has 1 unspecified atom stereocenters. The molecule has 0 saturated heterocycles. The number of aromatic nitrogens is 1. The zero-order valence-electron chi connectivity index (χ0n) is 12.1. The average molecular weight is 321 g/mol. The number of halogens is 1. The molecule has 0 fully saturated rings. The summed E-state index contributed by atoms with van der Waals surface area (Å²) in [6, 6.07) is 10.3. The summed E-state index contributed by atoms with van der Waals surface area (Å²) in [7, 11) is 1.53. The molecule has 116 valence electrons. The van der Waals surface area contributed by atoms with Crippen molar-refractivity contribution in [3.05, 3.63) is 58.9 Å². The number of methoxy groups -OCH3 is 1. The number of aliphatic hydroxyl groups excluding tert-OH is 1. The SMILES string of the molecule is COc1cccc(C(O)C(=O)NCCc2ccc(Cl)nc2)c1. The van der Waals surface area contributed by atoms with Gasteiger partial charge in [-0.15, -0.1) is 0 Å². The normalized spacial score (nSPS) is 11.8. The molecule has 0 aliphatic carbocycles. The third kappa shape index (κ3) is 4.44. The molecule has 1 amide bonds. The standard InChI is InChI=1S/C16H17ClN2O3/c1-22-13-4-2-3-12(9-13)15(20)16(21)18-8-7-11-5-6-14(17)19-10-11/h2-6,9-10,15,20H,7-8H2,1H3,(H,18,21). The van der Waals surface area contributed by atoms with Gasteiger partial charge in [0.2, 0.25) is 0 Å². The van der Waals surface area contributed by atoms with Gasteiger partial charge in [-0.25, -0.2) is 4.98 Å². The molecule has 0 radical (unpaired) electrons. The largest absolute Gasteiger partial charge is 0.497 e. The summed E-state index contributed by atoms with van der Waals surface area (Å²) >= 11 is 5.71. The van der Waals surface area contributed by atoms with Crippen LogP contribution in [0.15, 0.2) is 42.6 Å². The van der Waals surface area contributed by atoms with Crippen molar-refractivity contribution in [1.29, 1.82) is 0 Å². The Hall–Kier alpha value is -2.11. The van der Waals surface area contributed by atoms with Crippen molar-refractivity contribution in [3.63, 3.8) is 0 Å². The summed E-state index contributed by atoms with van der Waals surface area (Å²) in [6.45, 7) is 0.406. The van der Waals surface area contributed by atoms with Crippen molar-refractivity contribution in [2.45, 2.75) is 12.5 Å². The van der Waals surface area contributed by atoms with E-state index < -0.39 is 12.0 Å². The van der Waals surface area contributed by atoms with Gasteiger partial charge in [-0.05, 0) is 35.7 Å². The zero-order chi connectivity index (χ0) is 15.9. The van der Waals surface area contributed by atoms with Crippen LogP contribution in [0.25, 0.3) is 0 Å². The maximum Gasteiger partial charge on any atom is 0.253 e. The van der Waals surface area contributed by atoms with Crippen molar-refractivity contribution in [2.24, 2.45) is 0 Å². The molecule has 0 saturated carbocycles. The number of aliphatic hydroxyl groups is 1. The Labute approximate surface area is 133 Å². The number of pyridine rings is 1. The number of carbonyl (C=O) groups excluding carboxylic acids is 1. The smallest absolute Gasteiger partial charge is 0.253 e. The van der Waals surface area contributed by atoms with E-state index in [1.807, 2.05) is 6.07 Å². The van der Waals surface area contributed by atoms with Crippen molar-refractivity contribution < 1.29 is 14.6 Å². The van der Waals surface area contributed by atoms with Crippen LogP contribution in [-0.2, 0) is 11.2 Å². The second-order valence-corrected chi connectivity index (χ2v) is 5.10. The van der Waals surface area contributed by atoms with E-state index in [4.69, 9.17) is 16.3 Å². The van der Waals surface area contributed by atoms with E-state index in [9.17, 15) is 9.90 Å². The fourth-order valence-electron chi connectivity index (χ4n) is 1.94. The second kappa shape index (κ2) is 7.77. The van der Waals surface area contributed by atoms with Crippen molar-refractivity contribution in [2.75, 3.05) is 13.7 Å². The first-order valence-corrected chi connectivity index (χ1v) is 7.18. The molecule has 5 nitrogen and oxygen atoms in total. The van der Waals surface area contributed by atoms with E-state index in [1.165, 1.54) is 7.11 Å². The van der Waals surface area contributed by atoms with Gasteiger partial charge in [0.15, 0.2) is 6.10 Å². The molecule has 2 rings (SSSR count). The lowest BCUT2D eigenvalue weighted by atomic mass is 10.1. The summed E-state index contributed by atoms with van der Waals surface area (Å²) in [5, 5.41) is 13.2. The van der Waals surface area contributed by atoms with Crippen LogP contribution in [-0.4, -0.2) is 29.7 Å². The highest BCUT2D eigenvalue weighted by Gasteiger charge is 2.17. The first-order valence-electron chi connectivity index (χ1n) is 6.80. The second-order valence-electron chi connectivity index (χ2n) is 4.71. The van der Waals surface area contributed by atoms with Gasteiger partial charge < -0.3 is 15.2 Å². The third-order valence-corrected chi connectivity index (χ3v) is 3.38. The minimum atomic E-state index is -1.22. The maximum absolute atomic E-state index is 11.9. The topological polar surface area (TPSA) is 71.5 Å². The Morgan fingerprint density at radius 3 is 2.91 bits per heavy atom. The predicted molar refractivity (Wildman–Crippen MR) is 83.9 cm³/mol. The number of hydrogen-bond donors (Lipinski definition) is 2. The van der Waals surface area contributed by atoms with E-state index in [0.717, 1.165) is 5.56 Å². The number of ether oxygens (including phenoxy) is 1.